The van der Waals surface area contributed by atoms with Crippen molar-refractivity contribution in [2.45, 2.75) is 78.2 Å². The molecule has 0 radical (unpaired) electrons. The lowest BCUT2D eigenvalue weighted by molar-refractivity contribution is 0.326. The van der Waals surface area contributed by atoms with Crippen LogP contribution in [-0.4, -0.2) is 11.5 Å². The standard InChI is InChI=1S/C16H30N2S/c1-6-8-9-10-16(5,17-11-7-2)15-18-14(12-19-15)13(3)4/h12-13,17H,6-11H2,1-5H3. The van der Waals surface area contributed by atoms with Crippen molar-refractivity contribution >= 4 is 11.3 Å². The zero-order valence-electron chi connectivity index (χ0n) is 13.3. The van der Waals surface area contributed by atoms with Gasteiger partial charge in [0.25, 0.3) is 0 Å². The van der Waals surface area contributed by atoms with E-state index in [-0.39, 0.29) is 5.54 Å². The number of unbranched alkanes of at least 4 members (excludes halogenated alkanes) is 2. The Hall–Kier alpha value is -0.410. The third-order valence-corrected chi connectivity index (χ3v) is 4.76. The van der Waals surface area contributed by atoms with Crippen molar-refractivity contribution in [2.24, 2.45) is 0 Å². The number of hydrogen-bond acceptors (Lipinski definition) is 3. The molecule has 0 aliphatic rings. The molecule has 0 amide bonds. The average Bonchev–Trinajstić information content (AvgIpc) is 2.87. The number of nitrogens with zero attached hydrogens (tertiary/aromatic N) is 1. The smallest absolute Gasteiger partial charge is 0.113 e. The van der Waals surface area contributed by atoms with Crippen molar-refractivity contribution in [1.29, 1.82) is 0 Å². The largest absolute Gasteiger partial charge is 0.306 e. The first kappa shape index (κ1) is 16.6. The van der Waals surface area contributed by atoms with E-state index in [2.05, 4.69) is 45.3 Å². The van der Waals surface area contributed by atoms with Gasteiger partial charge in [-0.2, -0.15) is 0 Å². The molecule has 0 saturated heterocycles. The van der Waals surface area contributed by atoms with Crippen LogP contribution in [0.2, 0.25) is 0 Å². The first-order valence-electron chi connectivity index (χ1n) is 7.74. The zero-order chi connectivity index (χ0) is 14.3. The van der Waals surface area contributed by atoms with E-state index in [0.717, 1.165) is 6.54 Å². The van der Waals surface area contributed by atoms with Crippen LogP contribution in [0.4, 0.5) is 0 Å². The summed E-state index contributed by atoms with van der Waals surface area (Å²) in [4.78, 5) is 4.87. The van der Waals surface area contributed by atoms with Crippen LogP contribution in [0.25, 0.3) is 0 Å². The van der Waals surface area contributed by atoms with E-state index in [4.69, 9.17) is 4.98 Å². The molecular weight excluding hydrogens is 252 g/mol. The summed E-state index contributed by atoms with van der Waals surface area (Å²) in [5.41, 5.74) is 1.29. The van der Waals surface area contributed by atoms with Crippen molar-refractivity contribution in [3.8, 4) is 0 Å². The van der Waals surface area contributed by atoms with E-state index in [1.807, 2.05) is 11.3 Å². The molecule has 3 heteroatoms. The molecule has 1 rings (SSSR count). The molecule has 1 aromatic rings. The highest BCUT2D eigenvalue weighted by Gasteiger charge is 2.28. The van der Waals surface area contributed by atoms with Crippen LogP contribution in [0.1, 0.15) is 83.3 Å². The first-order chi connectivity index (χ1) is 9.03. The molecule has 0 bridgehead atoms. The Bertz CT molecular complexity index is 359. The predicted molar refractivity (Wildman–Crippen MR) is 86.0 cm³/mol. The minimum absolute atomic E-state index is 0.0585. The van der Waals surface area contributed by atoms with E-state index in [0.29, 0.717) is 5.92 Å². The summed E-state index contributed by atoms with van der Waals surface area (Å²) in [6.45, 7) is 12.3. The second-order valence-electron chi connectivity index (χ2n) is 5.95. The quantitative estimate of drug-likeness (QED) is 0.640. The van der Waals surface area contributed by atoms with Crippen LogP contribution >= 0.6 is 11.3 Å². The van der Waals surface area contributed by atoms with Crippen LogP contribution in [-0.2, 0) is 5.54 Å². The summed E-state index contributed by atoms with van der Waals surface area (Å²) in [6.07, 6.45) is 6.22. The molecule has 0 aromatic carbocycles. The topological polar surface area (TPSA) is 24.9 Å². The van der Waals surface area contributed by atoms with Gasteiger partial charge in [0.1, 0.15) is 5.01 Å². The lowest BCUT2D eigenvalue weighted by Crippen LogP contribution is -2.40. The number of aromatic nitrogens is 1. The molecule has 1 N–H and O–H groups in total. The summed E-state index contributed by atoms with van der Waals surface area (Å²) in [5.74, 6) is 0.524. The van der Waals surface area contributed by atoms with Gasteiger partial charge >= 0.3 is 0 Å². The Morgan fingerprint density at radius 3 is 2.53 bits per heavy atom. The van der Waals surface area contributed by atoms with E-state index >= 15 is 0 Å². The molecule has 0 aliphatic heterocycles. The molecule has 0 fully saturated rings. The highest BCUT2D eigenvalue weighted by molar-refractivity contribution is 7.09. The van der Waals surface area contributed by atoms with Crippen molar-refractivity contribution in [3.05, 3.63) is 16.1 Å². The fourth-order valence-corrected chi connectivity index (χ4v) is 3.35. The third-order valence-electron chi connectivity index (χ3n) is 3.63. The normalized spacial score (nSPS) is 14.8. The second kappa shape index (κ2) is 8.01. The molecule has 110 valence electrons. The van der Waals surface area contributed by atoms with Gasteiger partial charge in [0.05, 0.1) is 11.2 Å². The molecule has 0 aliphatic carbocycles. The average molecular weight is 282 g/mol. The van der Waals surface area contributed by atoms with Crippen molar-refractivity contribution in [1.82, 2.24) is 10.3 Å². The van der Waals surface area contributed by atoms with Crippen LogP contribution < -0.4 is 5.32 Å². The Labute approximate surface area is 123 Å². The maximum Gasteiger partial charge on any atom is 0.113 e. The third kappa shape index (κ3) is 4.88. The Morgan fingerprint density at radius 2 is 2.00 bits per heavy atom. The number of hydrogen-bond donors (Lipinski definition) is 1. The molecule has 19 heavy (non-hydrogen) atoms. The van der Waals surface area contributed by atoms with Crippen molar-refractivity contribution < 1.29 is 0 Å². The van der Waals surface area contributed by atoms with Crippen LogP contribution in [0, 0.1) is 0 Å². The van der Waals surface area contributed by atoms with E-state index in [1.165, 1.54) is 42.8 Å². The van der Waals surface area contributed by atoms with Crippen LogP contribution in [0.5, 0.6) is 0 Å². The summed E-state index contributed by atoms with van der Waals surface area (Å²) < 4.78 is 0. The minimum atomic E-state index is 0.0585. The van der Waals surface area contributed by atoms with Gasteiger partial charge in [0.15, 0.2) is 0 Å². The van der Waals surface area contributed by atoms with Gasteiger partial charge < -0.3 is 5.32 Å². The van der Waals surface area contributed by atoms with Gasteiger partial charge in [-0.1, -0.05) is 47.0 Å². The van der Waals surface area contributed by atoms with Gasteiger partial charge in [0.2, 0.25) is 0 Å². The summed E-state index contributed by atoms with van der Waals surface area (Å²) >= 11 is 1.82. The number of rotatable bonds is 9. The summed E-state index contributed by atoms with van der Waals surface area (Å²) in [5, 5.41) is 7.21. The fraction of sp³-hybridized carbons (Fsp3) is 0.812. The van der Waals surface area contributed by atoms with Gasteiger partial charge in [0, 0.05) is 5.38 Å². The molecule has 1 heterocycles. The summed E-state index contributed by atoms with van der Waals surface area (Å²) in [7, 11) is 0. The Morgan fingerprint density at radius 1 is 1.26 bits per heavy atom. The number of thiazole rings is 1. The highest BCUT2D eigenvalue weighted by Crippen LogP contribution is 2.31. The Kier molecular flexibility index (Phi) is 7.01. The molecule has 0 saturated carbocycles. The highest BCUT2D eigenvalue weighted by atomic mass is 32.1. The van der Waals surface area contributed by atoms with Gasteiger partial charge in [-0.25, -0.2) is 4.98 Å². The maximum absolute atomic E-state index is 4.87. The van der Waals surface area contributed by atoms with Crippen LogP contribution in [0.3, 0.4) is 0 Å². The monoisotopic (exact) mass is 282 g/mol. The number of nitrogens with one attached hydrogen (secondary N) is 1. The molecule has 0 spiro atoms. The zero-order valence-corrected chi connectivity index (χ0v) is 14.1. The van der Waals surface area contributed by atoms with E-state index in [1.54, 1.807) is 0 Å². The van der Waals surface area contributed by atoms with Crippen molar-refractivity contribution in [3.63, 3.8) is 0 Å². The van der Waals surface area contributed by atoms with Gasteiger partial charge in [-0.3, -0.25) is 0 Å². The fourth-order valence-electron chi connectivity index (χ4n) is 2.21. The molecule has 2 nitrogen and oxygen atoms in total. The lowest BCUT2D eigenvalue weighted by Gasteiger charge is -2.29. The molecule has 1 aromatic heterocycles. The molecular formula is C16H30N2S. The van der Waals surface area contributed by atoms with Gasteiger partial charge in [-0.05, 0) is 32.2 Å². The summed E-state index contributed by atoms with van der Waals surface area (Å²) in [6, 6.07) is 0. The SMILES string of the molecule is CCCCCC(C)(NCCC)c1nc(C(C)C)cs1. The lowest BCUT2D eigenvalue weighted by atomic mass is 9.94. The first-order valence-corrected chi connectivity index (χ1v) is 8.62. The van der Waals surface area contributed by atoms with E-state index < -0.39 is 0 Å². The molecule has 1 atom stereocenters. The predicted octanol–water partition coefficient (Wildman–Crippen LogP) is 5.06. The maximum atomic E-state index is 4.87. The Balaban J connectivity index is 2.80. The van der Waals surface area contributed by atoms with Crippen molar-refractivity contribution in [2.75, 3.05) is 6.54 Å². The molecule has 1 unspecified atom stereocenters. The van der Waals surface area contributed by atoms with Crippen LogP contribution in [0.15, 0.2) is 5.38 Å². The van der Waals surface area contributed by atoms with E-state index in [9.17, 15) is 0 Å². The second-order valence-corrected chi connectivity index (χ2v) is 6.81. The van der Waals surface area contributed by atoms with Gasteiger partial charge in [-0.15, -0.1) is 11.3 Å². The minimum Gasteiger partial charge on any atom is -0.306 e.